The van der Waals surface area contributed by atoms with Crippen molar-refractivity contribution < 1.29 is 21.3 Å². The van der Waals surface area contributed by atoms with Crippen LogP contribution >= 0.6 is 0 Å². The molecule has 0 heterocycles. The van der Waals surface area contributed by atoms with Crippen molar-refractivity contribution in [2.75, 3.05) is 0 Å². The van der Waals surface area contributed by atoms with Gasteiger partial charge in [-0.3, -0.25) is 0 Å². The van der Waals surface area contributed by atoms with Gasteiger partial charge in [0, 0.05) is 0 Å². The van der Waals surface area contributed by atoms with Gasteiger partial charge in [0.2, 0.25) is 0 Å². The molecule has 0 unspecified atom stereocenters. The van der Waals surface area contributed by atoms with Crippen molar-refractivity contribution >= 4 is 3.21 Å². The summed E-state index contributed by atoms with van der Waals surface area (Å²) in [6, 6.07) is 26.3. The quantitative estimate of drug-likeness (QED) is 0.177. The van der Waals surface area contributed by atoms with Crippen molar-refractivity contribution in [3.05, 3.63) is 132 Å². The summed E-state index contributed by atoms with van der Waals surface area (Å²) in [7, 11) is 0. The van der Waals surface area contributed by atoms with Crippen LogP contribution in [-0.4, -0.2) is 3.21 Å². The molecule has 0 saturated heterocycles. The molecule has 0 N–H and O–H groups in total. The molecule has 0 aromatic heterocycles. The van der Waals surface area contributed by atoms with E-state index in [0.717, 1.165) is 6.42 Å². The van der Waals surface area contributed by atoms with Crippen LogP contribution in [0.3, 0.4) is 0 Å². The first kappa shape index (κ1) is 29.1. The van der Waals surface area contributed by atoms with Gasteiger partial charge in [-0.25, -0.2) is 0 Å². The maximum absolute atomic E-state index is 3.99. The second kappa shape index (κ2) is 11.9. The van der Waals surface area contributed by atoms with Gasteiger partial charge in [-0.1, -0.05) is 0 Å². The Bertz CT molecular complexity index is 1390. The molecule has 5 rings (SSSR count). The minimum atomic E-state index is -2.47. The fourth-order valence-electron chi connectivity index (χ4n) is 6.42. The zero-order chi connectivity index (χ0) is 28.5. The Labute approximate surface area is 251 Å². The van der Waals surface area contributed by atoms with Crippen LogP contribution in [-0.2, 0) is 32.1 Å². The van der Waals surface area contributed by atoms with Crippen molar-refractivity contribution in [1.29, 1.82) is 0 Å². The van der Waals surface area contributed by atoms with Crippen molar-refractivity contribution in [2.45, 2.75) is 85.3 Å². The van der Waals surface area contributed by atoms with Gasteiger partial charge in [0.05, 0.1) is 0 Å². The standard InChI is InChI=1S/C21H25.C13H16.C5H5.Zr/c1-20(2,3)16-7-9-18-14(12-16)11-15-13-17(21(4,5)6)8-10-19(15)18;1-2-3-4-5-7-10-13-11-8-6-9-12-13;1-2-4-5-3-1;/h7-13H,1-6H3;2,6,8-9,11-12H,1,3-5,7H2;1-5H;. The molecule has 2 aliphatic carbocycles. The van der Waals surface area contributed by atoms with Crippen LogP contribution in [0.1, 0.15) is 98.7 Å². The number of unbranched alkanes of at least 4 members (excludes halogenated alkanes) is 2. The molecular weight excluding hydrogens is 560 g/mol. The fourth-order valence-corrected chi connectivity index (χ4v) is 16.0. The molecule has 0 aliphatic heterocycles. The van der Waals surface area contributed by atoms with E-state index >= 15 is 0 Å². The van der Waals surface area contributed by atoms with Crippen molar-refractivity contribution in [3.8, 4) is 11.1 Å². The monoisotopic (exact) mass is 604 g/mol. The van der Waals surface area contributed by atoms with E-state index in [1.54, 1.807) is 14.3 Å². The first-order chi connectivity index (χ1) is 19.1. The molecule has 0 spiro atoms. The molecule has 0 nitrogen and oxygen atoms in total. The van der Waals surface area contributed by atoms with E-state index in [2.05, 4.69) is 145 Å². The van der Waals surface area contributed by atoms with Gasteiger partial charge in [-0.2, -0.15) is 0 Å². The molecule has 0 fully saturated rings. The molecule has 3 aromatic carbocycles. The fraction of sp³-hybridized carbons (Fsp3) is 0.359. The maximum atomic E-state index is 3.99. The Morgan fingerprint density at radius 2 is 1.30 bits per heavy atom. The van der Waals surface area contributed by atoms with Gasteiger partial charge in [0.1, 0.15) is 0 Å². The van der Waals surface area contributed by atoms with Crippen molar-refractivity contribution in [3.63, 3.8) is 0 Å². The number of fused-ring (bicyclic) bond motifs is 3. The van der Waals surface area contributed by atoms with E-state index in [9.17, 15) is 0 Å². The van der Waals surface area contributed by atoms with E-state index in [1.807, 2.05) is 0 Å². The van der Waals surface area contributed by atoms with Crippen LogP contribution in [0.5, 0.6) is 0 Å². The minimum absolute atomic E-state index is 0.123. The topological polar surface area (TPSA) is 0 Å². The first-order valence-corrected chi connectivity index (χ1v) is 19.2. The zero-order valence-corrected chi connectivity index (χ0v) is 27.9. The third-order valence-electron chi connectivity index (χ3n) is 8.72. The predicted molar refractivity (Wildman–Crippen MR) is 172 cm³/mol. The average molecular weight is 606 g/mol. The zero-order valence-electron chi connectivity index (χ0n) is 25.4. The van der Waals surface area contributed by atoms with E-state index < -0.39 is 21.3 Å². The molecule has 2 aliphatic rings. The SMILES string of the molecule is C=CCCCC[C](c1ccccc1)=[Zr]([CH]1C=CC=C1)[CH]1c2cc(C(C)(C)C)ccc2-c2ccc(C(C)(C)C)cc21. The third kappa shape index (κ3) is 5.97. The molecule has 3 aromatic rings. The van der Waals surface area contributed by atoms with Gasteiger partial charge in [-0.05, 0) is 0 Å². The van der Waals surface area contributed by atoms with Crippen LogP contribution in [0, 0.1) is 0 Å². The number of hydrogen-bond acceptors (Lipinski definition) is 0. The Morgan fingerprint density at radius 1 is 0.750 bits per heavy atom. The van der Waals surface area contributed by atoms with Gasteiger partial charge >= 0.3 is 252 Å². The Kier molecular flexibility index (Phi) is 8.64. The third-order valence-corrected chi connectivity index (χ3v) is 17.5. The molecule has 0 bridgehead atoms. The summed E-state index contributed by atoms with van der Waals surface area (Å²) in [6.07, 6.45) is 16.5. The van der Waals surface area contributed by atoms with E-state index in [0.29, 0.717) is 7.25 Å². The van der Waals surface area contributed by atoms with Crippen LogP contribution in [0.4, 0.5) is 0 Å². The molecule has 40 heavy (non-hydrogen) atoms. The van der Waals surface area contributed by atoms with Crippen LogP contribution in [0.15, 0.2) is 104 Å². The summed E-state index contributed by atoms with van der Waals surface area (Å²) in [5.41, 5.74) is 10.8. The van der Waals surface area contributed by atoms with Crippen molar-refractivity contribution in [2.24, 2.45) is 0 Å². The molecule has 206 valence electrons. The summed E-state index contributed by atoms with van der Waals surface area (Å²) in [5.74, 6) is 0. The van der Waals surface area contributed by atoms with Crippen LogP contribution in [0.2, 0.25) is 3.63 Å². The van der Waals surface area contributed by atoms with E-state index in [-0.39, 0.29) is 10.8 Å². The molecule has 0 amide bonds. The van der Waals surface area contributed by atoms with E-state index in [1.165, 1.54) is 47.1 Å². The predicted octanol–water partition coefficient (Wildman–Crippen LogP) is 10.9. The molecule has 0 radical (unpaired) electrons. The van der Waals surface area contributed by atoms with Crippen LogP contribution < -0.4 is 0 Å². The summed E-state index contributed by atoms with van der Waals surface area (Å²) < 4.78 is 2.86. The van der Waals surface area contributed by atoms with Gasteiger partial charge in [0.25, 0.3) is 0 Å². The van der Waals surface area contributed by atoms with Gasteiger partial charge in [-0.15, -0.1) is 0 Å². The number of hydrogen-bond donors (Lipinski definition) is 0. The second-order valence-corrected chi connectivity index (χ2v) is 20.4. The summed E-state index contributed by atoms with van der Waals surface area (Å²) in [6.45, 7) is 18.1. The van der Waals surface area contributed by atoms with Crippen LogP contribution in [0.25, 0.3) is 11.1 Å². The van der Waals surface area contributed by atoms with Crippen molar-refractivity contribution in [1.82, 2.24) is 0 Å². The first-order valence-electron chi connectivity index (χ1n) is 15.1. The number of rotatable bonds is 8. The summed E-state index contributed by atoms with van der Waals surface area (Å²) in [5, 5.41) is 0. The number of allylic oxidation sites excluding steroid dienone is 5. The normalized spacial score (nSPS) is 15.8. The second-order valence-electron chi connectivity index (χ2n) is 13.7. The summed E-state index contributed by atoms with van der Waals surface area (Å²) in [4.78, 5) is 0. The molecule has 0 saturated carbocycles. The average Bonchev–Trinajstić information content (AvgIpc) is 3.56. The Hall–Kier alpha value is -2.37. The van der Waals surface area contributed by atoms with Gasteiger partial charge in [0.15, 0.2) is 0 Å². The van der Waals surface area contributed by atoms with Gasteiger partial charge < -0.3 is 0 Å². The molecular formula is C39H46Zr. The number of benzene rings is 3. The summed E-state index contributed by atoms with van der Waals surface area (Å²) >= 11 is -2.47. The Morgan fingerprint density at radius 3 is 1.80 bits per heavy atom. The van der Waals surface area contributed by atoms with E-state index in [4.69, 9.17) is 0 Å². The Balaban J connectivity index is 1.81. The molecule has 1 heteroatoms. The molecule has 0 atom stereocenters.